The van der Waals surface area contributed by atoms with Gasteiger partial charge in [-0.25, -0.2) is 0 Å². The summed E-state index contributed by atoms with van der Waals surface area (Å²) in [6.45, 7) is 2.16. The average Bonchev–Trinajstić information content (AvgIpc) is 2.21. The highest BCUT2D eigenvalue weighted by Crippen LogP contribution is 2.36. The molecule has 88 valence electrons. The maximum Gasteiger partial charge on any atom is 0.0331 e. The van der Waals surface area contributed by atoms with E-state index in [2.05, 4.69) is 53.4 Å². The molecule has 16 heavy (non-hydrogen) atoms. The molecule has 1 fully saturated rings. The van der Waals surface area contributed by atoms with E-state index in [0.717, 1.165) is 5.92 Å². The number of halogens is 1. The molecule has 2 heteroatoms. The van der Waals surface area contributed by atoms with E-state index in [1.165, 1.54) is 41.3 Å². The van der Waals surface area contributed by atoms with Crippen molar-refractivity contribution in [3.05, 3.63) is 33.8 Å². The molecule has 0 aliphatic heterocycles. The molecule has 0 radical (unpaired) electrons. The molecule has 1 atom stereocenters. The molecule has 0 aromatic heterocycles. The molecule has 2 rings (SSSR count). The van der Waals surface area contributed by atoms with Gasteiger partial charge in [-0.1, -0.05) is 52.9 Å². The predicted octanol–water partition coefficient (Wildman–Crippen LogP) is 4.21. The fraction of sp³-hybridized carbons (Fsp3) is 0.571. The average molecular weight is 282 g/mol. The van der Waals surface area contributed by atoms with Crippen LogP contribution in [0, 0.1) is 12.8 Å². The summed E-state index contributed by atoms with van der Waals surface area (Å²) in [6, 6.07) is 7.11. The van der Waals surface area contributed by atoms with Crippen LogP contribution in [0.4, 0.5) is 0 Å². The van der Waals surface area contributed by atoms with E-state index in [0.29, 0.717) is 6.04 Å². The van der Waals surface area contributed by atoms with E-state index in [4.69, 9.17) is 0 Å². The fourth-order valence-electron chi connectivity index (χ4n) is 2.39. The van der Waals surface area contributed by atoms with Crippen molar-refractivity contribution in [1.29, 1.82) is 0 Å². The second kappa shape index (κ2) is 5.33. The van der Waals surface area contributed by atoms with Crippen molar-refractivity contribution < 1.29 is 0 Å². The first-order valence-electron chi connectivity index (χ1n) is 6.14. The summed E-state index contributed by atoms with van der Waals surface area (Å²) in [4.78, 5) is 0. The normalized spacial score (nSPS) is 18.2. The first-order valence-corrected chi connectivity index (χ1v) is 6.93. The summed E-state index contributed by atoms with van der Waals surface area (Å²) in [5.74, 6) is 0.935. The lowest BCUT2D eigenvalue weighted by atomic mass is 9.79. The highest BCUT2D eigenvalue weighted by Gasteiger charge is 2.23. The third kappa shape index (κ3) is 2.67. The molecule has 1 aromatic carbocycles. The summed E-state index contributed by atoms with van der Waals surface area (Å²) in [6.07, 6.45) is 5.54. The van der Waals surface area contributed by atoms with E-state index < -0.39 is 0 Å². The van der Waals surface area contributed by atoms with Gasteiger partial charge in [-0.3, -0.25) is 0 Å². The predicted molar refractivity (Wildman–Crippen MR) is 72.6 cm³/mol. The van der Waals surface area contributed by atoms with Gasteiger partial charge in [0.2, 0.25) is 0 Å². The zero-order valence-corrected chi connectivity index (χ0v) is 11.7. The molecule has 1 nitrogen and oxygen atoms in total. The van der Waals surface area contributed by atoms with Crippen LogP contribution in [0.2, 0.25) is 0 Å². The number of benzene rings is 1. The monoisotopic (exact) mass is 281 g/mol. The third-order valence-corrected chi connectivity index (χ3v) is 4.39. The van der Waals surface area contributed by atoms with Gasteiger partial charge in [0, 0.05) is 10.5 Å². The maximum atomic E-state index is 3.66. The highest BCUT2D eigenvalue weighted by atomic mass is 79.9. The molecule has 0 heterocycles. The standard InChI is InChI=1S/C14H20BrN/c1-10-6-7-13(15)12(8-10)14(16-2)9-11-4-3-5-11/h6-8,11,14,16H,3-5,9H2,1-2H3. The van der Waals surface area contributed by atoms with E-state index in [9.17, 15) is 0 Å². The zero-order valence-electron chi connectivity index (χ0n) is 10.1. The second-order valence-corrected chi connectivity index (χ2v) is 5.75. The number of hydrogen-bond donors (Lipinski definition) is 1. The summed E-state index contributed by atoms with van der Waals surface area (Å²) in [5, 5.41) is 3.46. The Bertz CT molecular complexity index is 358. The molecule has 0 bridgehead atoms. The van der Waals surface area contributed by atoms with Gasteiger partial charge in [-0.2, -0.15) is 0 Å². The van der Waals surface area contributed by atoms with Crippen molar-refractivity contribution in [3.63, 3.8) is 0 Å². The van der Waals surface area contributed by atoms with Crippen LogP contribution in [0.25, 0.3) is 0 Å². The van der Waals surface area contributed by atoms with E-state index in [-0.39, 0.29) is 0 Å². The lowest BCUT2D eigenvalue weighted by molar-refractivity contribution is 0.265. The van der Waals surface area contributed by atoms with Gasteiger partial charge in [0.15, 0.2) is 0 Å². The van der Waals surface area contributed by atoms with E-state index in [1.54, 1.807) is 0 Å². The first-order chi connectivity index (χ1) is 7.70. The molecule has 1 aliphatic rings. The van der Waals surface area contributed by atoms with Gasteiger partial charge in [-0.05, 0) is 37.9 Å². The van der Waals surface area contributed by atoms with Gasteiger partial charge >= 0.3 is 0 Å². The van der Waals surface area contributed by atoms with Crippen LogP contribution in [0.1, 0.15) is 42.9 Å². The molecule has 0 spiro atoms. The van der Waals surface area contributed by atoms with Crippen LogP contribution >= 0.6 is 15.9 Å². The number of aryl methyl sites for hydroxylation is 1. The molecule has 0 saturated heterocycles. The van der Waals surface area contributed by atoms with Crippen molar-refractivity contribution in [2.45, 2.75) is 38.6 Å². The number of rotatable bonds is 4. The Morgan fingerprint density at radius 1 is 1.44 bits per heavy atom. The van der Waals surface area contributed by atoms with Crippen LogP contribution < -0.4 is 5.32 Å². The van der Waals surface area contributed by atoms with Gasteiger partial charge in [0.25, 0.3) is 0 Å². The van der Waals surface area contributed by atoms with Gasteiger partial charge < -0.3 is 5.32 Å². The smallest absolute Gasteiger partial charge is 0.0331 e. The molecular weight excluding hydrogens is 262 g/mol. The summed E-state index contributed by atoms with van der Waals surface area (Å²) in [7, 11) is 2.07. The van der Waals surface area contributed by atoms with Crippen LogP contribution in [-0.4, -0.2) is 7.05 Å². The number of hydrogen-bond acceptors (Lipinski definition) is 1. The molecule has 1 aliphatic carbocycles. The minimum absolute atomic E-state index is 0.500. The molecule has 1 saturated carbocycles. The van der Waals surface area contributed by atoms with Crippen molar-refractivity contribution in [2.24, 2.45) is 5.92 Å². The van der Waals surface area contributed by atoms with Crippen molar-refractivity contribution >= 4 is 15.9 Å². The lowest BCUT2D eigenvalue weighted by Crippen LogP contribution is -2.23. The third-order valence-electron chi connectivity index (χ3n) is 3.67. The fourth-order valence-corrected chi connectivity index (χ4v) is 2.92. The molecule has 0 amide bonds. The maximum absolute atomic E-state index is 3.66. The van der Waals surface area contributed by atoms with Gasteiger partial charge in [0.1, 0.15) is 0 Å². The largest absolute Gasteiger partial charge is 0.313 e. The Kier molecular flexibility index (Phi) is 4.04. The zero-order chi connectivity index (χ0) is 11.5. The van der Waals surface area contributed by atoms with Gasteiger partial charge in [0.05, 0.1) is 0 Å². The van der Waals surface area contributed by atoms with E-state index >= 15 is 0 Å². The van der Waals surface area contributed by atoms with Crippen LogP contribution in [0.5, 0.6) is 0 Å². The van der Waals surface area contributed by atoms with Crippen molar-refractivity contribution in [1.82, 2.24) is 5.32 Å². The van der Waals surface area contributed by atoms with Crippen LogP contribution in [0.3, 0.4) is 0 Å². The molecule has 1 unspecified atom stereocenters. The Morgan fingerprint density at radius 3 is 2.75 bits per heavy atom. The van der Waals surface area contributed by atoms with Crippen molar-refractivity contribution in [3.8, 4) is 0 Å². The Morgan fingerprint density at radius 2 is 2.19 bits per heavy atom. The van der Waals surface area contributed by atoms with E-state index in [1.807, 2.05) is 0 Å². The van der Waals surface area contributed by atoms with Crippen LogP contribution in [0.15, 0.2) is 22.7 Å². The van der Waals surface area contributed by atoms with Crippen LogP contribution in [-0.2, 0) is 0 Å². The first kappa shape index (κ1) is 12.1. The Balaban J connectivity index is 2.14. The quantitative estimate of drug-likeness (QED) is 0.872. The summed E-state index contributed by atoms with van der Waals surface area (Å²) >= 11 is 3.66. The molecular formula is C14H20BrN. The Labute approximate surface area is 107 Å². The molecule has 1 aromatic rings. The Hall–Kier alpha value is -0.340. The van der Waals surface area contributed by atoms with Gasteiger partial charge in [-0.15, -0.1) is 0 Å². The summed E-state index contributed by atoms with van der Waals surface area (Å²) < 4.78 is 1.23. The minimum atomic E-state index is 0.500. The minimum Gasteiger partial charge on any atom is -0.313 e. The number of nitrogens with one attached hydrogen (secondary N) is 1. The lowest BCUT2D eigenvalue weighted by Gasteiger charge is -2.30. The topological polar surface area (TPSA) is 12.0 Å². The second-order valence-electron chi connectivity index (χ2n) is 4.90. The SMILES string of the molecule is CNC(CC1CCC1)c1cc(C)ccc1Br. The highest BCUT2D eigenvalue weighted by molar-refractivity contribution is 9.10. The summed E-state index contributed by atoms with van der Waals surface area (Å²) in [5.41, 5.74) is 2.75. The molecule has 1 N–H and O–H groups in total. The van der Waals surface area contributed by atoms with Crippen molar-refractivity contribution in [2.75, 3.05) is 7.05 Å².